The molecule has 1 heterocycles. The summed E-state index contributed by atoms with van der Waals surface area (Å²) in [6.45, 7) is 2.15. The van der Waals surface area contributed by atoms with Crippen molar-refractivity contribution >= 4 is 39.3 Å². The van der Waals surface area contributed by atoms with E-state index in [0.717, 1.165) is 35.6 Å². The predicted molar refractivity (Wildman–Crippen MR) is 105 cm³/mol. The van der Waals surface area contributed by atoms with E-state index in [1.54, 1.807) is 23.6 Å². The van der Waals surface area contributed by atoms with Crippen molar-refractivity contribution < 1.29 is 14.6 Å². The lowest BCUT2D eigenvalue weighted by atomic mass is 10.0. The summed E-state index contributed by atoms with van der Waals surface area (Å²) in [5.41, 5.74) is 2.34. The van der Waals surface area contributed by atoms with Gasteiger partial charge in [0.1, 0.15) is 10.8 Å². The largest absolute Gasteiger partial charge is 0.507 e. The van der Waals surface area contributed by atoms with Crippen molar-refractivity contribution in [1.82, 2.24) is 0 Å². The van der Waals surface area contributed by atoms with Gasteiger partial charge in [0, 0.05) is 16.7 Å². The monoisotopic (exact) mass is 365 g/mol. The van der Waals surface area contributed by atoms with Crippen LogP contribution >= 0.6 is 11.3 Å². The summed E-state index contributed by atoms with van der Waals surface area (Å²) in [4.78, 5) is 18.2. The van der Waals surface area contributed by atoms with Crippen molar-refractivity contribution in [2.24, 2.45) is 4.99 Å². The molecule has 1 aliphatic carbocycles. The van der Waals surface area contributed by atoms with Crippen LogP contribution in [0.15, 0.2) is 41.4 Å². The molecule has 26 heavy (non-hydrogen) atoms. The lowest BCUT2D eigenvalue weighted by molar-refractivity contribution is 0.0527. The van der Waals surface area contributed by atoms with Gasteiger partial charge in [-0.2, -0.15) is 0 Å². The number of esters is 1. The van der Waals surface area contributed by atoms with Gasteiger partial charge in [0.25, 0.3) is 0 Å². The SMILES string of the molecule is CCOC(=O)c1c(N=Cc2c(O)ccc3ccccc23)sc2c1CCC2. The lowest BCUT2D eigenvalue weighted by Gasteiger charge is -2.05. The number of phenols is 1. The molecule has 132 valence electrons. The highest BCUT2D eigenvalue weighted by Gasteiger charge is 2.27. The second-order valence-electron chi connectivity index (χ2n) is 6.24. The first-order chi connectivity index (χ1) is 12.7. The number of benzene rings is 2. The van der Waals surface area contributed by atoms with Crippen molar-refractivity contribution in [3.63, 3.8) is 0 Å². The number of aromatic hydroxyl groups is 1. The highest BCUT2D eigenvalue weighted by molar-refractivity contribution is 7.16. The van der Waals surface area contributed by atoms with Crippen molar-refractivity contribution in [1.29, 1.82) is 0 Å². The second kappa shape index (κ2) is 6.92. The molecule has 0 atom stereocenters. The fourth-order valence-electron chi connectivity index (χ4n) is 3.44. The molecule has 0 spiro atoms. The van der Waals surface area contributed by atoms with Gasteiger partial charge in [-0.1, -0.05) is 30.3 Å². The summed E-state index contributed by atoms with van der Waals surface area (Å²) in [7, 11) is 0. The molecule has 4 nitrogen and oxygen atoms in total. The van der Waals surface area contributed by atoms with Crippen LogP contribution in [0.3, 0.4) is 0 Å². The Kier molecular flexibility index (Phi) is 4.47. The summed E-state index contributed by atoms with van der Waals surface area (Å²) in [5.74, 6) is -0.129. The Morgan fingerprint density at radius 3 is 2.96 bits per heavy atom. The highest BCUT2D eigenvalue weighted by Crippen LogP contribution is 2.41. The normalized spacial score (nSPS) is 13.4. The molecular formula is C21H19NO3S. The van der Waals surface area contributed by atoms with Crippen LogP contribution in [0.5, 0.6) is 5.75 Å². The number of aliphatic imine (C=N–C) groups is 1. The maximum atomic E-state index is 12.4. The van der Waals surface area contributed by atoms with Gasteiger partial charge in [-0.15, -0.1) is 11.3 Å². The number of thiophene rings is 1. The van der Waals surface area contributed by atoms with E-state index in [1.807, 2.05) is 37.3 Å². The summed E-state index contributed by atoms with van der Waals surface area (Å²) in [6, 6.07) is 11.4. The molecule has 2 aromatic carbocycles. The van der Waals surface area contributed by atoms with Crippen molar-refractivity contribution in [2.45, 2.75) is 26.2 Å². The van der Waals surface area contributed by atoms with Crippen molar-refractivity contribution in [2.75, 3.05) is 6.61 Å². The van der Waals surface area contributed by atoms with Crippen LogP contribution in [0, 0.1) is 0 Å². The molecule has 0 unspecified atom stereocenters. The van der Waals surface area contributed by atoms with Gasteiger partial charge in [-0.05, 0) is 48.6 Å². The third-order valence-electron chi connectivity index (χ3n) is 4.64. The van der Waals surface area contributed by atoms with Crippen LogP contribution in [0.2, 0.25) is 0 Å². The van der Waals surface area contributed by atoms with Crippen LogP contribution in [0.25, 0.3) is 10.8 Å². The minimum absolute atomic E-state index is 0.175. The average molecular weight is 365 g/mol. The summed E-state index contributed by atoms with van der Waals surface area (Å²) >= 11 is 1.55. The second-order valence-corrected chi connectivity index (χ2v) is 7.32. The molecular weight excluding hydrogens is 346 g/mol. The zero-order chi connectivity index (χ0) is 18.1. The van der Waals surface area contributed by atoms with Crippen LogP contribution in [0.4, 0.5) is 5.00 Å². The number of hydrogen-bond donors (Lipinski definition) is 1. The van der Waals surface area contributed by atoms with Crippen LogP contribution in [-0.2, 0) is 17.6 Å². The Morgan fingerprint density at radius 2 is 2.12 bits per heavy atom. The maximum Gasteiger partial charge on any atom is 0.341 e. The number of fused-ring (bicyclic) bond motifs is 2. The van der Waals surface area contributed by atoms with Gasteiger partial charge >= 0.3 is 5.97 Å². The summed E-state index contributed by atoms with van der Waals surface area (Å²) < 4.78 is 5.24. The number of hydrogen-bond acceptors (Lipinski definition) is 5. The van der Waals surface area contributed by atoms with E-state index in [1.165, 1.54) is 4.88 Å². The van der Waals surface area contributed by atoms with Crippen LogP contribution in [0.1, 0.15) is 39.7 Å². The smallest absolute Gasteiger partial charge is 0.341 e. The quantitative estimate of drug-likeness (QED) is 0.521. The topological polar surface area (TPSA) is 58.9 Å². The van der Waals surface area contributed by atoms with Gasteiger partial charge in [0.05, 0.1) is 12.2 Å². The molecule has 1 aromatic heterocycles. The highest BCUT2D eigenvalue weighted by atomic mass is 32.1. The third kappa shape index (κ3) is 2.88. The van der Waals surface area contributed by atoms with E-state index >= 15 is 0 Å². The molecule has 0 saturated heterocycles. The zero-order valence-corrected chi connectivity index (χ0v) is 15.3. The Bertz CT molecular complexity index is 1020. The maximum absolute atomic E-state index is 12.4. The van der Waals surface area contributed by atoms with E-state index in [0.29, 0.717) is 22.7 Å². The fraction of sp³-hybridized carbons (Fsp3) is 0.238. The third-order valence-corrected chi connectivity index (χ3v) is 5.84. The van der Waals surface area contributed by atoms with Gasteiger partial charge in [-0.25, -0.2) is 9.79 Å². The number of ether oxygens (including phenoxy) is 1. The number of rotatable bonds is 4. The molecule has 1 aliphatic rings. The molecule has 3 aromatic rings. The van der Waals surface area contributed by atoms with Crippen LogP contribution in [-0.4, -0.2) is 23.9 Å². The van der Waals surface area contributed by atoms with Gasteiger partial charge in [-0.3, -0.25) is 0 Å². The standard InChI is InChI=1S/C21H19NO3S/c1-2-25-21(24)19-15-8-5-9-18(15)26-20(19)22-12-16-14-7-4-3-6-13(14)10-11-17(16)23/h3-4,6-7,10-12,23H,2,5,8-9H2,1H3. The lowest BCUT2D eigenvalue weighted by Crippen LogP contribution is -2.06. The van der Waals surface area contributed by atoms with E-state index in [4.69, 9.17) is 4.74 Å². The number of carbonyl (C=O) groups is 1. The molecule has 0 radical (unpaired) electrons. The summed E-state index contributed by atoms with van der Waals surface area (Å²) in [5, 5.41) is 12.9. The van der Waals surface area contributed by atoms with Crippen molar-refractivity contribution in [3.8, 4) is 5.75 Å². The first-order valence-corrected chi connectivity index (χ1v) is 9.57. The molecule has 0 aliphatic heterocycles. The average Bonchev–Trinajstić information content (AvgIpc) is 3.21. The van der Waals surface area contributed by atoms with Gasteiger partial charge in [0.15, 0.2) is 0 Å². The van der Waals surface area contributed by atoms with Gasteiger partial charge in [0.2, 0.25) is 0 Å². The number of carbonyl (C=O) groups excluding carboxylic acids is 1. The summed E-state index contributed by atoms with van der Waals surface area (Å²) in [6.07, 6.45) is 4.61. The Morgan fingerprint density at radius 1 is 1.27 bits per heavy atom. The van der Waals surface area contributed by atoms with E-state index < -0.39 is 0 Å². The van der Waals surface area contributed by atoms with E-state index in [2.05, 4.69) is 4.99 Å². The number of phenolic OH excluding ortho intramolecular Hbond substituents is 1. The minimum Gasteiger partial charge on any atom is -0.507 e. The fourth-order valence-corrected chi connectivity index (χ4v) is 4.66. The molecule has 0 saturated carbocycles. The Labute approximate surface area is 155 Å². The molecule has 1 N–H and O–H groups in total. The van der Waals surface area contributed by atoms with E-state index in [-0.39, 0.29) is 11.7 Å². The van der Waals surface area contributed by atoms with Crippen LogP contribution < -0.4 is 0 Å². The molecule has 0 fully saturated rings. The number of aryl methyl sites for hydroxylation is 1. The first-order valence-electron chi connectivity index (χ1n) is 8.75. The Balaban J connectivity index is 1.79. The molecule has 5 heteroatoms. The molecule has 0 amide bonds. The number of nitrogens with zero attached hydrogens (tertiary/aromatic N) is 1. The Hall–Kier alpha value is -2.66. The van der Waals surface area contributed by atoms with E-state index in [9.17, 15) is 9.90 Å². The zero-order valence-electron chi connectivity index (χ0n) is 14.5. The first kappa shape index (κ1) is 16.8. The molecule has 4 rings (SSSR count). The van der Waals surface area contributed by atoms with Gasteiger partial charge < -0.3 is 9.84 Å². The predicted octanol–water partition coefficient (Wildman–Crippen LogP) is 5.02. The molecule has 0 bridgehead atoms. The minimum atomic E-state index is -0.304. The van der Waals surface area contributed by atoms with Crippen molar-refractivity contribution in [3.05, 3.63) is 58.0 Å².